The Bertz CT molecular complexity index is 682. The van der Waals surface area contributed by atoms with Gasteiger partial charge in [0.1, 0.15) is 0 Å². The predicted octanol–water partition coefficient (Wildman–Crippen LogP) is 2.59. The quantitative estimate of drug-likeness (QED) is 0.318. The van der Waals surface area contributed by atoms with Gasteiger partial charge < -0.3 is 10.6 Å². The summed E-state index contributed by atoms with van der Waals surface area (Å²) in [6.07, 6.45) is 5.03. The summed E-state index contributed by atoms with van der Waals surface area (Å²) in [5, 5.41) is 11.8. The van der Waals surface area contributed by atoms with Crippen molar-refractivity contribution >= 4 is 40.0 Å². The predicted molar refractivity (Wildman–Crippen MR) is 113 cm³/mol. The van der Waals surface area contributed by atoms with Gasteiger partial charge in [-0.05, 0) is 49.3 Å². The second-order valence-corrected chi connectivity index (χ2v) is 8.01. The number of aliphatic imine (C=N–C) groups is 1. The number of nitrogens with one attached hydrogen (secondary N) is 2. The van der Waals surface area contributed by atoms with Gasteiger partial charge in [0.05, 0.1) is 11.4 Å². The smallest absolute Gasteiger partial charge is 0.238 e. The van der Waals surface area contributed by atoms with E-state index in [-0.39, 0.29) is 28.9 Å². The lowest BCUT2D eigenvalue weighted by molar-refractivity contribution is 0.131. The van der Waals surface area contributed by atoms with Crippen LogP contribution in [-0.2, 0) is 16.6 Å². The minimum atomic E-state index is -3.68. The highest BCUT2D eigenvalue weighted by molar-refractivity contribution is 14.0. The maximum atomic E-state index is 11.4. The number of primary sulfonamides is 1. The van der Waals surface area contributed by atoms with E-state index in [0.29, 0.717) is 12.0 Å². The molecule has 8 heteroatoms. The van der Waals surface area contributed by atoms with Crippen molar-refractivity contribution in [3.8, 4) is 0 Å². The molecule has 6 nitrogen and oxygen atoms in total. The van der Waals surface area contributed by atoms with E-state index in [9.17, 15) is 8.42 Å². The van der Waals surface area contributed by atoms with Gasteiger partial charge >= 0.3 is 0 Å². The fraction of sp³-hybridized carbons (Fsp3) is 0.588. The molecule has 1 aliphatic rings. The monoisotopic (exact) mass is 480 g/mol. The highest BCUT2D eigenvalue weighted by Crippen LogP contribution is 2.42. The van der Waals surface area contributed by atoms with Crippen LogP contribution < -0.4 is 15.8 Å². The van der Waals surface area contributed by atoms with E-state index in [0.717, 1.165) is 24.6 Å². The maximum Gasteiger partial charge on any atom is 0.238 e. The topological polar surface area (TPSA) is 96.6 Å². The molecule has 25 heavy (non-hydrogen) atoms. The third kappa shape index (κ3) is 6.41. The summed E-state index contributed by atoms with van der Waals surface area (Å²) in [6, 6.07) is 6.60. The molecule has 0 unspecified atom stereocenters. The summed E-state index contributed by atoms with van der Waals surface area (Å²) < 4.78 is 22.9. The third-order valence-corrected chi connectivity index (χ3v) is 5.70. The SMILES string of the molecule is CCNC(=NCc1cccc(S(N)(=O)=O)c1)NCC1(CC)CCC1.I. The van der Waals surface area contributed by atoms with Crippen molar-refractivity contribution < 1.29 is 8.42 Å². The lowest BCUT2D eigenvalue weighted by atomic mass is 9.67. The van der Waals surface area contributed by atoms with Crippen LogP contribution in [0.25, 0.3) is 0 Å². The molecule has 1 fully saturated rings. The number of hydrogen-bond donors (Lipinski definition) is 3. The van der Waals surface area contributed by atoms with Gasteiger partial charge in [0.15, 0.2) is 5.96 Å². The zero-order valence-corrected chi connectivity index (χ0v) is 18.1. The Balaban J connectivity index is 0.00000312. The van der Waals surface area contributed by atoms with E-state index in [4.69, 9.17) is 5.14 Å². The van der Waals surface area contributed by atoms with E-state index < -0.39 is 10.0 Å². The lowest BCUT2D eigenvalue weighted by Gasteiger charge is -2.41. The first kappa shape index (κ1) is 22.2. The first-order valence-electron chi connectivity index (χ1n) is 8.52. The zero-order chi connectivity index (χ0) is 17.6. The van der Waals surface area contributed by atoms with Crippen molar-refractivity contribution in [1.29, 1.82) is 0 Å². The first-order valence-corrected chi connectivity index (χ1v) is 10.1. The van der Waals surface area contributed by atoms with Gasteiger partial charge in [-0.15, -0.1) is 24.0 Å². The van der Waals surface area contributed by atoms with Crippen molar-refractivity contribution in [3.05, 3.63) is 29.8 Å². The molecule has 4 N–H and O–H groups in total. The van der Waals surface area contributed by atoms with E-state index in [1.54, 1.807) is 12.1 Å². The van der Waals surface area contributed by atoms with Gasteiger partial charge in [-0.1, -0.05) is 25.5 Å². The summed E-state index contributed by atoms with van der Waals surface area (Å²) in [4.78, 5) is 4.68. The van der Waals surface area contributed by atoms with E-state index in [2.05, 4.69) is 22.5 Å². The highest BCUT2D eigenvalue weighted by Gasteiger charge is 2.34. The molecule has 0 spiro atoms. The second kappa shape index (κ2) is 9.72. The zero-order valence-electron chi connectivity index (χ0n) is 14.9. The Morgan fingerprint density at radius 2 is 2.00 bits per heavy atom. The Hall–Kier alpha value is -0.870. The van der Waals surface area contributed by atoms with Crippen LogP contribution >= 0.6 is 24.0 Å². The van der Waals surface area contributed by atoms with Crippen molar-refractivity contribution in [2.75, 3.05) is 13.1 Å². The molecular formula is C17H29IN4O2S. The van der Waals surface area contributed by atoms with Crippen LogP contribution in [0.4, 0.5) is 0 Å². The Morgan fingerprint density at radius 3 is 2.52 bits per heavy atom. The van der Waals surface area contributed by atoms with Gasteiger partial charge in [0.25, 0.3) is 0 Å². The van der Waals surface area contributed by atoms with Crippen LogP contribution in [0.1, 0.15) is 45.1 Å². The number of halogens is 1. The number of rotatable bonds is 7. The minimum Gasteiger partial charge on any atom is -0.357 e. The first-order chi connectivity index (χ1) is 11.4. The van der Waals surface area contributed by atoms with Crippen molar-refractivity contribution in [2.45, 2.75) is 51.0 Å². The van der Waals surface area contributed by atoms with Crippen molar-refractivity contribution in [3.63, 3.8) is 0 Å². The molecule has 0 bridgehead atoms. The van der Waals surface area contributed by atoms with Gasteiger partial charge in [0.2, 0.25) is 10.0 Å². The van der Waals surface area contributed by atoms with Crippen LogP contribution in [0.2, 0.25) is 0 Å². The molecule has 1 aromatic rings. The van der Waals surface area contributed by atoms with Crippen molar-refractivity contribution in [1.82, 2.24) is 10.6 Å². The van der Waals surface area contributed by atoms with Crippen LogP contribution in [-0.4, -0.2) is 27.5 Å². The molecule has 1 aromatic carbocycles. The average Bonchev–Trinajstić information content (AvgIpc) is 2.51. The van der Waals surface area contributed by atoms with Crippen LogP contribution in [0, 0.1) is 5.41 Å². The molecule has 0 amide bonds. The molecule has 0 heterocycles. The standard InChI is InChI=1S/C17H28N4O2S.HI/c1-3-17(9-6-10-17)13-21-16(19-4-2)20-12-14-7-5-8-15(11-14)24(18,22)23;/h5,7-8,11H,3-4,6,9-10,12-13H2,1-2H3,(H2,18,22,23)(H2,19,20,21);1H. The number of sulfonamides is 1. The normalized spacial score (nSPS) is 16.5. The summed E-state index contributed by atoms with van der Waals surface area (Å²) >= 11 is 0. The van der Waals surface area contributed by atoms with Gasteiger partial charge in [0, 0.05) is 13.1 Å². The third-order valence-electron chi connectivity index (χ3n) is 4.79. The summed E-state index contributed by atoms with van der Waals surface area (Å²) in [5.74, 6) is 0.762. The number of nitrogens with zero attached hydrogens (tertiary/aromatic N) is 1. The molecule has 1 aliphatic carbocycles. The van der Waals surface area contributed by atoms with Crippen LogP contribution in [0.15, 0.2) is 34.2 Å². The molecule has 0 radical (unpaired) electrons. The fourth-order valence-electron chi connectivity index (χ4n) is 2.94. The molecule has 1 saturated carbocycles. The molecule has 0 atom stereocenters. The second-order valence-electron chi connectivity index (χ2n) is 6.45. The number of guanidine groups is 1. The van der Waals surface area contributed by atoms with Gasteiger partial charge in [-0.25, -0.2) is 18.5 Å². The van der Waals surface area contributed by atoms with Crippen molar-refractivity contribution in [2.24, 2.45) is 15.5 Å². The summed E-state index contributed by atoms with van der Waals surface area (Å²) in [7, 11) is -3.68. The molecule has 2 rings (SSSR count). The largest absolute Gasteiger partial charge is 0.357 e. The molecule has 142 valence electrons. The minimum absolute atomic E-state index is 0. The number of benzene rings is 1. The van der Waals surface area contributed by atoms with Gasteiger partial charge in [-0.3, -0.25) is 0 Å². The fourth-order valence-corrected chi connectivity index (χ4v) is 3.52. The number of nitrogens with two attached hydrogens (primary N) is 1. The highest BCUT2D eigenvalue weighted by atomic mass is 127. The van der Waals surface area contributed by atoms with Crippen LogP contribution in [0.3, 0.4) is 0 Å². The van der Waals surface area contributed by atoms with E-state index in [1.165, 1.54) is 31.7 Å². The summed E-state index contributed by atoms with van der Waals surface area (Å²) in [6.45, 7) is 6.37. The molecule has 0 aliphatic heterocycles. The number of hydrogen-bond acceptors (Lipinski definition) is 3. The molecule has 0 saturated heterocycles. The van der Waals surface area contributed by atoms with Gasteiger partial charge in [-0.2, -0.15) is 0 Å². The Labute approximate surface area is 168 Å². The maximum absolute atomic E-state index is 11.4. The Morgan fingerprint density at radius 1 is 1.28 bits per heavy atom. The Kier molecular flexibility index (Phi) is 8.62. The van der Waals surface area contributed by atoms with E-state index >= 15 is 0 Å². The summed E-state index contributed by atoms with van der Waals surface area (Å²) in [5.41, 5.74) is 1.22. The van der Waals surface area contributed by atoms with Crippen LogP contribution in [0.5, 0.6) is 0 Å². The lowest BCUT2D eigenvalue weighted by Crippen LogP contribution is -2.46. The molecule has 0 aromatic heterocycles. The average molecular weight is 480 g/mol. The van der Waals surface area contributed by atoms with E-state index in [1.807, 2.05) is 13.0 Å². The molecular weight excluding hydrogens is 451 g/mol.